The highest BCUT2D eigenvalue weighted by atomic mass is 16.5. The van der Waals surface area contributed by atoms with E-state index in [4.69, 9.17) is 14.7 Å². The van der Waals surface area contributed by atoms with Gasteiger partial charge in [0.05, 0.1) is 16.7 Å². The summed E-state index contributed by atoms with van der Waals surface area (Å²) in [4.78, 5) is 18.8. The molecule has 1 aliphatic carbocycles. The molecule has 154 valence electrons. The van der Waals surface area contributed by atoms with Crippen LogP contribution in [-0.4, -0.2) is 41.4 Å². The maximum atomic E-state index is 5.47. The lowest BCUT2D eigenvalue weighted by Gasteiger charge is -2.12. The highest BCUT2D eigenvalue weighted by Crippen LogP contribution is 2.54. The number of aryl methyl sites for hydroxylation is 3. The van der Waals surface area contributed by atoms with E-state index >= 15 is 0 Å². The molecule has 30 heavy (non-hydrogen) atoms. The number of aromatic nitrogens is 7. The number of imidazole rings is 1. The van der Waals surface area contributed by atoms with Crippen molar-refractivity contribution in [3.8, 4) is 5.82 Å². The van der Waals surface area contributed by atoms with Crippen LogP contribution in [0.25, 0.3) is 16.9 Å². The molecular formula is C22H25N7O. The predicted molar refractivity (Wildman–Crippen MR) is 113 cm³/mol. The number of benzene rings is 1. The molecule has 5 rings (SSSR count). The number of methoxy groups -OCH3 is 1. The van der Waals surface area contributed by atoms with E-state index in [0.29, 0.717) is 17.7 Å². The minimum atomic E-state index is -0.182. The van der Waals surface area contributed by atoms with Crippen molar-refractivity contribution in [3.63, 3.8) is 0 Å². The maximum absolute atomic E-state index is 5.47. The van der Waals surface area contributed by atoms with Crippen LogP contribution >= 0.6 is 0 Å². The lowest BCUT2D eigenvalue weighted by molar-refractivity contribution is 0.110. The lowest BCUT2D eigenvalue weighted by atomic mass is 10.2. The van der Waals surface area contributed by atoms with Crippen molar-refractivity contribution in [1.82, 2.24) is 34.3 Å². The number of nitrogens with zero attached hydrogens (tertiary/aromatic N) is 7. The highest BCUT2D eigenvalue weighted by molar-refractivity contribution is 5.76. The monoisotopic (exact) mass is 403 g/mol. The summed E-state index contributed by atoms with van der Waals surface area (Å²) in [5.41, 5.74) is 3.23. The molecule has 8 heteroatoms. The zero-order chi connectivity index (χ0) is 21.0. The summed E-state index contributed by atoms with van der Waals surface area (Å²) in [7, 11) is 3.76. The Morgan fingerprint density at radius 2 is 1.83 bits per heavy atom. The van der Waals surface area contributed by atoms with Crippen molar-refractivity contribution < 1.29 is 4.74 Å². The Balaban J connectivity index is 1.50. The molecule has 0 radical (unpaired) electrons. The van der Waals surface area contributed by atoms with E-state index in [1.165, 1.54) is 0 Å². The second-order valence-electron chi connectivity index (χ2n) is 7.97. The van der Waals surface area contributed by atoms with Gasteiger partial charge in [0.25, 0.3) is 0 Å². The molecule has 0 spiro atoms. The van der Waals surface area contributed by atoms with Crippen LogP contribution in [0.5, 0.6) is 0 Å². The zero-order valence-corrected chi connectivity index (χ0v) is 17.9. The number of para-hydroxylation sites is 2. The average Bonchev–Trinajstić information content (AvgIpc) is 3.33. The van der Waals surface area contributed by atoms with Gasteiger partial charge < -0.3 is 9.30 Å². The van der Waals surface area contributed by atoms with Crippen LogP contribution in [0.15, 0.2) is 30.3 Å². The molecule has 1 fully saturated rings. The van der Waals surface area contributed by atoms with Gasteiger partial charge in [0.1, 0.15) is 23.6 Å². The molecule has 0 amide bonds. The quantitative estimate of drug-likeness (QED) is 0.507. The number of hydrogen-bond acceptors (Lipinski definition) is 6. The fraction of sp³-hybridized carbons (Fsp3) is 0.409. The van der Waals surface area contributed by atoms with Crippen molar-refractivity contribution in [2.45, 2.75) is 45.1 Å². The fourth-order valence-electron chi connectivity index (χ4n) is 4.14. The van der Waals surface area contributed by atoms with Crippen molar-refractivity contribution in [3.05, 3.63) is 59.3 Å². The smallest absolute Gasteiger partial charge is 0.162 e. The van der Waals surface area contributed by atoms with Gasteiger partial charge in [0, 0.05) is 32.1 Å². The molecule has 2 unspecified atom stereocenters. The Hall–Kier alpha value is -3.13. The van der Waals surface area contributed by atoms with E-state index in [-0.39, 0.29) is 6.10 Å². The SMILES string of the molecule is COC(C)c1nc(C)nn1-c1cc([C@@H]2CC2c2nc3ccccc3n2C)nc(C)n1. The summed E-state index contributed by atoms with van der Waals surface area (Å²) in [6.45, 7) is 5.75. The minimum Gasteiger partial charge on any atom is -0.374 e. The Morgan fingerprint density at radius 3 is 2.60 bits per heavy atom. The van der Waals surface area contributed by atoms with Crippen LogP contribution in [0, 0.1) is 13.8 Å². The van der Waals surface area contributed by atoms with Gasteiger partial charge in [0.15, 0.2) is 11.6 Å². The van der Waals surface area contributed by atoms with Gasteiger partial charge >= 0.3 is 0 Å². The lowest BCUT2D eigenvalue weighted by Crippen LogP contribution is -2.11. The summed E-state index contributed by atoms with van der Waals surface area (Å²) in [6.07, 6.45) is 0.851. The van der Waals surface area contributed by atoms with Gasteiger partial charge in [-0.25, -0.2) is 19.9 Å². The third-order valence-electron chi connectivity index (χ3n) is 5.84. The summed E-state index contributed by atoms with van der Waals surface area (Å²) in [5, 5.41) is 4.55. The second kappa shape index (κ2) is 6.98. The van der Waals surface area contributed by atoms with E-state index in [0.717, 1.165) is 46.4 Å². The first-order valence-corrected chi connectivity index (χ1v) is 10.2. The molecule has 1 aliphatic rings. The van der Waals surface area contributed by atoms with Crippen LogP contribution in [0.4, 0.5) is 0 Å². The topological polar surface area (TPSA) is 83.5 Å². The predicted octanol–water partition coefficient (Wildman–Crippen LogP) is 3.54. The normalized spacial score (nSPS) is 19.4. The van der Waals surface area contributed by atoms with Gasteiger partial charge in [-0.3, -0.25) is 0 Å². The summed E-state index contributed by atoms with van der Waals surface area (Å²) < 4.78 is 9.45. The van der Waals surface area contributed by atoms with Crippen LogP contribution in [-0.2, 0) is 11.8 Å². The maximum Gasteiger partial charge on any atom is 0.162 e. The number of hydrogen-bond donors (Lipinski definition) is 0. The second-order valence-corrected chi connectivity index (χ2v) is 7.97. The largest absolute Gasteiger partial charge is 0.374 e. The minimum absolute atomic E-state index is 0.182. The zero-order valence-electron chi connectivity index (χ0n) is 17.9. The summed E-state index contributed by atoms with van der Waals surface area (Å²) in [5.74, 6) is 4.69. The van der Waals surface area contributed by atoms with E-state index in [1.54, 1.807) is 11.8 Å². The van der Waals surface area contributed by atoms with Gasteiger partial charge in [-0.15, -0.1) is 5.10 Å². The third kappa shape index (κ3) is 3.08. The van der Waals surface area contributed by atoms with Gasteiger partial charge in [-0.05, 0) is 39.3 Å². The molecule has 3 atom stereocenters. The highest BCUT2D eigenvalue weighted by Gasteiger charge is 2.44. The molecule has 0 N–H and O–H groups in total. The van der Waals surface area contributed by atoms with Crippen LogP contribution in [0.1, 0.15) is 60.3 Å². The van der Waals surface area contributed by atoms with E-state index in [9.17, 15) is 0 Å². The third-order valence-corrected chi connectivity index (χ3v) is 5.84. The molecule has 4 aromatic rings. The van der Waals surface area contributed by atoms with Gasteiger partial charge in [-0.2, -0.15) is 4.68 Å². The molecular weight excluding hydrogens is 378 g/mol. The van der Waals surface area contributed by atoms with Crippen LogP contribution in [0.3, 0.4) is 0 Å². The Labute approximate surface area is 175 Å². The Bertz CT molecular complexity index is 1240. The van der Waals surface area contributed by atoms with Crippen LogP contribution < -0.4 is 0 Å². The molecule has 0 saturated heterocycles. The number of ether oxygens (including phenoxy) is 1. The molecule has 0 bridgehead atoms. The Kier molecular flexibility index (Phi) is 4.39. The first-order valence-electron chi connectivity index (χ1n) is 10.2. The molecule has 1 aromatic carbocycles. The van der Waals surface area contributed by atoms with Gasteiger partial charge in [0.2, 0.25) is 0 Å². The van der Waals surface area contributed by atoms with Gasteiger partial charge in [-0.1, -0.05) is 12.1 Å². The summed E-state index contributed by atoms with van der Waals surface area (Å²) in [6, 6.07) is 10.3. The molecule has 1 saturated carbocycles. The Morgan fingerprint density at radius 1 is 1.03 bits per heavy atom. The van der Waals surface area contributed by atoms with E-state index < -0.39 is 0 Å². The van der Waals surface area contributed by atoms with Crippen molar-refractivity contribution in [2.24, 2.45) is 7.05 Å². The molecule has 3 heterocycles. The summed E-state index contributed by atoms with van der Waals surface area (Å²) >= 11 is 0. The molecule has 3 aromatic heterocycles. The standard InChI is InChI=1S/C22H25N7O/c1-12(30-5)21-25-14(3)27-29(21)20-11-18(23-13(2)24-20)15-10-16(15)22-26-17-8-6-7-9-19(17)28(22)4/h6-9,11-12,15-16H,10H2,1-5H3/t12?,15-,16?/m1/s1. The van der Waals surface area contributed by atoms with Crippen molar-refractivity contribution in [1.29, 1.82) is 0 Å². The molecule has 0 aliphatic heterocycles. The fourth-order valence-corrected chi connectivity index (χ4v) is 4.14. The number of rotatable bonds is 5. The van der Waals surface area contributed by atoms with E-state index in [1.807, 2.05) is 32.9 Å². The van der Waals surface area contributed by atoms with E-state index in [2.05, 4.69) is 44.9 Å². The average molecular weight is 403 g/mol. The first-order chi connectivity index (χ1) is 14.5. The van der Waals surface area contributed by atoms with Crippen molar-refractivity contribution >= 4 is 11.0 Å². The molecule has 8 nitrogen and oxygen atoms in total. The first kappa shape index (κ1) is 18.9. The number of fused-ring (bicyclic) bond motifs is 1. The van der Waals surface area contributed by atoms with Crippen LogP contribution in [0.2, 0.25) is 0 Å². The van der Waals surface area contributed by atoms with Crippen molar-refractivity contribution in [2.75, 3.05) is 7.11 Å².